The molecule has 4 heteroatoms. The molecule has 0 saturated carbocycles. The van der Waals surface area contributed by atoms with Gasteiger partial charge in [0.2, 0.25) is 0 Å². The van der Waals surface area contributed by atoms with E-state index in [1.54, 1.807) is 11.3 Å². The first kappa shape index (κ1) is 9.43. The van der Waals surface area contributed by atoms with Crippen LogP contribution in [0.15, 0.2) is 28.1 Å². The van der Waals surface area contributed by atoms with Crippen LogP contribution in [0, 0.1) is 0 Å². The Morgan fingerprint density at radius 1 is 1.50 bits per heavy atom. The first-order valence-electron chi connectivity index (χ1n) is 4.59. The van der Waals surface area contributed by atoms with Gasteiger partial charge in [-0.2, -0.15) is 0 Å². The summed E-state index contributed by atoms with van der Waals surface area (Å²) in [4.78, 5) is 1.12. The van der Waals surface area contributed by atoms with Gasteiger partial charge >= 0.3 is 0 Å². The third-order valence-corrected chi connectivity index (χ3v) is 2.84. The van der Waals surface area contributed by atoms with Crippen molar-refractivity contribution in [2.45, 2.75) is 12.8 Å². The molecule has 0 unspecified atom stereocenters. The minimum absolute atomic E-state index is 0.696. The lowest BCUT2D eigenvalue weighted by Gasteiger charge is -1.88. The van der Waals surface area contributed by atoms with E-state index in [0.717, 1.165) is 29.2 Å². The molecule has 2 N–H and O–H groups in total. The summed E-state index contributed by atoms with van der Waals surface area (Å²) in [7, 11) is 0. The fourth-order valence-electron chi connectivity index (χ4n) is 1.25. The number of rotatable bonds is 4. The maximum Gasteiger partial charge on any atom is 0.177 e. The molecule has 2 aromatic heterocycles. The van der Waals surface area contributed by atoms with Crippen molar-refractivity contribution in [3.63, 3.8) is 0 Å². The van der Waals surface area contributed by atoms with Crippen LogP contribution in [0.5, 0.6) is 0 Å². The standard InChI is InChI=1S/C10H12N2OS/c11-5-1-3-8-7-9(13-12-8)10-4-2-6-14-10/h2,4,6-7H,1,3,5,11H2. The molecule has 0 atom stereocenters. The molecule has 14 heavy (non-hydrogen) atoms. The summed E-state index contributed by atoms with van der Waals surface area (Å²) in [6.07, 6.45) is 1.85. The maximum absolute atomic E-state index is 5.42. The summed E-state index contributed by atoms with van der Waals surface area (Å²) in [5.74, 6) is 0.854. The van der Waals surface area contributed by atoms with Gasteiger partial charge in [0.15, 0.2) is 5.76 Å². The van der Waals surface area contributed by atoms with E-state index in [9.17, 15) is 0 Å². The van der Waals surface area contributed by atoms with Gasteiger partial charge in [0, 0.05) is 6.07 Å². The summed E-state index contributed by atoms with van der Waals surface area (Å²) >= 11 is 1.65. The first-order valence-corrected chi connectivity index (χ1v) is 5.47. The number of hydrogen-bond donors (Lipinski definition) is 1. The molecule has 0 saturated heterocycles. The fraction of sp³-hybridized carbons (Fsp3) is 0.300. The van der Waals surface area contributed by atoms with Gasteiger partial charge in [-0.05, 0) is 30.8 Å². The summed E-state index contributed by atoms with van der Waals surface area (Å²) in [5, 5.41) is 6.01. The number of thiophene rings is 1. The lowest BCUT2D eigenvalue weighted by atomic mass is 10.2. The minimum Gasteiger partial charge on any atom is -0.355 e. The van der Waals surface area contributed by atoms with E-state index in [2.05, 4.69) is 5.16 Å². The van der Waals surface area contributed by atoms with Gasteiger partial charge in [0.05, 0.1) is 10.6 Å². The second-order valence-electron chi connectivity index (χ2n) is 3.05. The van der Waals surface area contributed by atoms with Crippen LogP contribution in [0.4, 0.5) is 0 Å². The lowest BCUT2D eigenvalue weighted by molar-refractivity contribution is 0.423. The molecule has 0 fully saturated rings. The van der Waals surface area contributed by atoms with Crippen molar-refractivity contribution in [3.8, 4) is 10.6 Å². The van der Waals surface area contributed by atoms with E-state index >= 15 is 0 Å². The molecule has 0 radical (unpaired) electrons. The molecule has 0 aromatic carbocycles. The predicted octanol–water partition coefficient (Wildman–Crippen LogP) is 2.29. The normalized spacial score (nSPS) is 10.6. The Morgan fingerprint density at radius 3 is 3.14 bits per heavy atom. The van der Waals surface area contributed by atoms with Gasteiger partial charge in [-0.3, -0.25) is 0 Å². The zero-order valence-electron chi connectivity index (χ0n) is 7.77. The van der Waals surface area contributed by atoms with Crippen molar-refractivity contribution < 1.29 is 4.52 Å². The number of aryl methyl sites for hydroxylation is 1. The highest BCUT2D eigenvalue weighted by molar-refractivity contribution is 7.13. The molecular weight excluding hydrogens is 196 g/mol. The number of nitrogens with two attached hydrogens (primary N) is 1. The molecule has 0 aliphatic carbocycles. The Kier molecular flexibility index (Phi) is 2.96. The Bertz CT molecular complexity index is 380. The van der Waals surface area contributed by atoms with Gasteiger partial charge in [-0.1, -0.05) is 11.2 Å². The van der Waals surface area contributed by atoms with Crippen LogP contribution in [0.25, 0.3) is 10.6 Å². The minimum atomic E-state index is 0.696. The SMILES string of the molecule is NCCCc1cc(-c2cccs2)on1. The highest BCUT2D eigenvalue weighted by atomic mass is 32.1. The molecule has 3 nitrogen and oxygen atoms in total. The van der Waals surface area contributed by atoms with E-state index in [1.165, 1.54) is 0 Å². The quantitative estimate of drug-likeness (QED) is 0.838. The number of aromatic nitrogens is 1. The van der Waals surface area contributed by atoms with Gasteiger partial charge in [-0.15, -0.1) is 11.3 Å². The number of nitrogens with zero attached hydrogens (tertiary/aromatic N) is 1. The molecule has 2 aromatic rings. The average molecular weight is 208 g/mol. The van der Waals surface area contributed by atoms with Gasteiger partial charge in [0.1, 0.15) is 0 Å². The second-order valence-corrected chi connectivity index (χ2v) is 4.00. The van der Waals surface area contributed by atoms with E-state index < -0.39 is 0 Å². The Labute approximate surface area is 86.5 Å². The zero-order valence-corrected chi connectivity index (χ0v) is 8.59. The van der Waals surface area contributed by atoms with Crippen LogP contribution in [0.1, 0.15) is 12.1 Å². The molecule has 0 aliphatic heterocycles. The Hall–Kier alpha value is -1.13. The van der Waals surface area contributed by atoms with Crippen molar-refractivity contribution in [3.05, 3.63) is 29.3 Å². The smallest absolute Gasteiger partial charge is 0.177 e. The van der Waals surface area contributed by atoms with E-state index in [1.807, 2.05) is 23.6 Å². The monoisotopic (exact) mass is 208 g/mol. The molecule has 0 amide bonds. The third-order valence-electron chi connectivity index (χ3n) is 1.96. The summed E-state index contributed by atoms with van der Waals surface area (Å²) in [5.41, 5.74) is 6.41. The van der Waals surface area contributed by atoms with Crippen LogP contribution >= 0.6 is 11.3 Å². The van der Waals surface area contributed by atoms with Crippen LogP contribution < -0.4 is 5.73 Å². The van der Waals surface area contributed by atoms with Gasteiger partial charge in [0.25, 0.3) is 0 Å². The van der Waals surface area contributed by atoms with Crippen molar-refractivity contribution in [1.82, 2.24) is 5.16 Å². The fourth-order valence-corrected chi connectivity index (χ4v) is 1.92. The summed E-state index contributed by atoms with van der Waals surface area (Å²) < 4.78 is 5.23. The second kappa shape index (κ2) is 4.39. The van der Waals surface area contributed by atoms with Crippen LogP contribution in [-0.2, 0) is 6.42 Å². The predicted molar refractivity (Wildman–Crippen MR) is 57.2 cm³/mol. The highest BCUT2D eigenvalue weighted by Gasteiger charge is 2.06. The molecule has 2 rings (SSSR count). The maximum atomic E-state index is 5.42. The van der Waals surface area contributed by atoms with Crippen molar-refractivity contribution in [1.29, 1.82) is 0 Å². The van der Waals surface area contributed by atoms with Gasteiger partial charge < -0.3 is 10.3 Å². The van der Waals surface area contributed by atoms with Gasteiger partial charge in [-0.25, -0.2) is 0 Å². The largest absolute Gasteiger partial charge is 0.355 e. The molecular formula is C10H12N2OS. The van der Waals surface area contributed by atoms with Crippen molar-refractivity contribution >= 4 is 11.3 Å². The van der Waals surface area contributed by atoms with Crippen LogP contribution in [0.3, 0.4) is 0 Å². The highest BCUT2D eigenvalue weighted by Crippen LogP contribution is 2.25. The van der Waals surface area contributed by atoms with Crippen molar-refractivity contribution in [2.75, 3.05) is 6.54 Å². The summed E-state index contributed by atoms with van der Waals surface area (Å²) in [6, 6.07) is 6.02. The lowest BCUT2D eigenvalue weighted by Crippen LogP contribution is -2.00. The van der Waals surface area contributed by atoms with Crippen molar-refractivity contribution in [2.24, 2.45) is 5.73 Å². The molecule has 74 valence electrons. The first-order chi connectivity index (χ1) is 6.90. The van der Waals surface area contributed by atoms with E-state index in [0.29, 0.717) is 6.54 Å². The summed E-state index contributed by atoms with van der Waals surface area (Å²) in [6.45, 7) is 0.696. The number of hydrogen-bond acceptors (Lipinski definition) is 4. The Balaban J connectivity index is 2.10. The molecule has 2 heterocycles. The van der Waals surface area contributed by atoms with E-state index in [-0.39, 0.29) is 0 Å². The molecule has 0 spiro atoms. The van der Waals surface area contributed by atoms with Crippen LogP contribution in [-0.4, -0.2) is 11.7 Å². The van der Waals surface area contributed by atoms with Crippen LogP contribution in [0.2, 0.25) is 0 Å². The molecule has 0 bridgehead atoms. The molecule has 0 aliphatic rings. The zero-order chi connectivity index (χ0) is 9.80. The topological polar surface area (TPSA) is 52.0 Å². The Morgan fingerprint density at radius 2 is 2.43 bits per heavy atom. The van der Waals surface area contributed by atoms with E-state index in [4.69, 9.17) is 10.3 Å². The third kappa shape index (κ3) is 2.02. The average Bonchev–Trinajstić information content (AvgIpc) is 2.85.